The first kappa shape index (κ1) is 19.4. The minimum absolute atomic E-state index is 0.136. The van der Waals surface area contributed by atoms with Crippen LogP contribution in [-0.2, 0) is 22.1 Å². The van der Waals surface area contributed by atoms with E-state index >= 15 is 0 Å². The van der Waals surface area contributed by atoms with Gasteiger partial charge in [-0.1, -0.05) is 32.3 Å². The maximum Gasteiger partial charge on any atom is 0.188 e. The molecule has 1 aromatic carbocycles. The van der Waals surface area contributed by atoms with Gasteiger partial charge in [-0.05, 0) is 29.7 Å². The van der Waals surface area contributed by atoms with Gasteiger partial charge in [-0.3, -0.25) is 0 Å². The van der Waals surface area contributed by atoms with Crippen LogP contribution in [0.2, 0.25) is 0 Å². The van der Waals surface area contributed by atoms with Crippen LogP contribution in [0.5, 0.6) is 0 Å². The first-order valence-corrected chi connectivity index (χ1v) is 9.86. The Morgan fingerprint density at radius 3 is 2.65 bits per heavy atom. The van der Waals surface area contributed by atoms with Crippen LogP contribution in [0, 0.1) is 5.82 Å². The lowest BCUT2D eigenvalue weighted by atomic mass is 10.1. The second-order valence-corrected chi connectivity index (χ2v) is 7.81. The molecule has 0 atom stereocenters. The maximum absolute atomic E-state index is 13.4. The van der Waals surface area contributed by atoms with E-state index in [4.69, 9.17) is 5.73 Å². The molecule has 0 fully saturated rings. The molecule has 0 aromatic heterocycles. The number of aliphatic imine (C=N–C) groups is 1. The molecule has 0 radical (unpaired) electrons. The van der Waals surface area contributed by atoms with Crippen LogP contribution in [-0.4, -0.2) is 27.2 Å². The van der Waals surface area contributed by atoms with Crippen LogP contribution in [0.3, 0.4) is 0 Å². The minimum atomic E-state index is -3.19. The van der Waals surface area contributed by atoms with E-state index in [1.165, 1.54) is 31.0 Å². The van der Waals surface area contributed by atoms with Crippen LogP contribution in [0.4, 0.5) is 4.39 Å². The van der Waals surface area contributed by atoms with E-state index in [9.17, 15) is 12.8 Å². The number of benzene rings is 1. The number of hydrogen-bond acceptors (Lipinski definition) is 3. The lowest BCUT2D eigenvalue weighted by Gasteiger charge is -2.09. The lowest BCUT2D eigenvalue weighted by Crippen LogP contribution is -2.32. The van der Waals surface area contributed by atoms with Gasteiger partial charge in [0.25, 0.3) is 0 Å². The number of guanidine groups is 1. The zero-order valence-corrected chi connectivity index (χ0v) is 14.6. The molecule has 0 bridgehead atoms. The molecule has 1 aromatic rings. The molecule has 3 N–H and O–H groups in total. The zero-order chi connectivity index (χ0) is 17.3. The van der Waals surface area contributed by atoms with Crippen molar-refractivity contribution in [3.8, 4) is 0 Å². The summed E-state index contributed by atoms with van der Waals surface area (Å²) >= 11 is 0. The van der Waals surface area contributed by atoms with Crippen molar-refractivity contribution >= 4 is 15.8 Å². The third kappa shape index (κ3) is 8.54. The average molecular weight is 343 g/mol. The van der Waals surface area contributed by atoms with Crippen LogP contribution >= 0.6 is 0 Å². The summed E-state index contributed by atoms with van der Waals surface area (Å²) in [4.78, 5) is 4.17. The summed E-state index contributed by atoms with van der Waals surface area (Å²) in [5, 5.41) is 3.01. The molecule has 0 aliphatic heterocycles. The summed E-state index contributed by atoms with van der Waals surface area (Å²) in [6.07, 6.45) is 5.67. The fourth-order valence-corrected chi connectivity index (χ4v) is 3.01. The number of nitrogens with zero attached hydrogens (tertiary/aromatic N) is 1. The van der Waals surface area contributed by atoms with E-state index in [2.05, 4.69) is 17.2 Å². The minimum Gasteiger partial charge on any atom is -0.370 e. The van der Waals surface area contributed by atoms with E-state index in [0.717, 1.165) is 25.6 Å². The molecule has 0 spiro atoms. The van der Waals surface area contributed by atoms with Gasteiger partial charge < -0.3 is 11.1 Å². The highest BCUT2D eigenvalue weighted by Crippen LogP contribution is 2.15. The van der Waals surface area contributed by atoms with E-state index in [0.29, 0.717) is 11.1 Å². The lowest BCUT2D eigenvalue weighted by molar-refractivity contribution is 0.600. The highest BCUT2D eigenvalue weighted by atomic mass is 32.2. The van der Waals surface area contributed by atoms with Gasteiger partial charge in [-0.15, -0.1) is 0 Å². The van der Waals surface area contributed by atoms with Crippen molar-refractivity contribution in [1.82, 2.24) is 5.32 Å². The molecular formula is C16H26FN3O2S. The van der Waals surface area contributed by atoms with Crippen molar-refractivity contribution < 1.29 is 12.8 Å². The number of hydrogen-bond donors (Lipinski definition) is 2. The van der Waals surface area contributed by atoms with Gasteiger partial charge >= 0.3 is 0 Å². The number of sulfone groups is 1. The Bertz CT molecular complexity index is 630. The van der Waals surface area contributed by atoms with Crippen molar-refractivity contribution in [3.05, 3.63) is 35.1 Å². The van der Waals surface area contributed by atoms with E-state index in [1.54, 1.807) is 0 Å². The normalized spacial score (nSPS) is 12.4. The van der Waals surface area contributed by atoms with E-state index in [1.807, 2.05) is 0 Å². The largest absolute Gasteiger partial charge is 0.370 e. The zero-order valence-electron chi connectivity index (χ0n) is 13.8. The standard InChI is InChI=1S/C16H26FN3O2S/c1-3-4-5-6-9-19-16(18)20-11-14-10-15(17)8-7-13(14)12-23(2,21)22/h7-8,10H,3-6,9,11-12H2,1-2H3,(H3,18,19,20). The third-order valence-corrected chi connectivity index (χ3v) is 4.18. The van der Waals surface area contributed by atoms with Crippen molar-refractivity contribution in [2.45, 2.75) is 44.9 Å². The number of nitrogens with one attached hydrogen (secondary N) is 1. The van der Waals surface area contributed by atoms with Crippen molar-refractivity contribution in [3.63, 3.8) is 0 Å². The predicted molar refractivity (Wildman–Crippen MR) is 92.4 cm³/mol. The molecule has 0 aliphatic rings. The Kier molecular flexibility index (Phi) is 8.02. The monoisotopic (exact) mass is 343 g/mol. The van der Waals surface area contributed by atoms with Crippen molar-refractivity contribution in [2.75, 3.05) is 12.8 Å². The number of halogens is 1. The van der Waals surface area contributed by atoms with Gasteiger partial charge in [-0.25, -0.2) is 17.8 Å². The van der Waals surface area contributed by atoms with Gasteiger partial charge in [0.1, 0.15) is 5.82 Å². The summed E-state index contributed by atoms with van der Waals surface area (Å²) in [5.74, 6) is -0.266. The molecule has 0 amide bonds. The Balaban J connectivity index is 2.64. The Labute approximate surface area is 138 Å². The van der Waals surface area contributed by atoms with Gasteiger partial charge in [-0.2, -0.15) is 0 Å². The molecule has 0 aliphatic carbocycles. The molecule has 5 nitrogen and oxygen atoms in total. The molecule has 7 heteroatoms. The topological polar surface area (TPSA) is 84.5 Å². The summed E-state index contributed by atoms with van der Waals surface area (Å²) in [6, 6.07) is 4.04. The van der Waals surface area contributed by atoms with E-state index in [-0.39, 0.29) is 18.3 Å². The van der Waals surface area contributed by atoms with Gasteiger partial charge in [0.2, 0.25) is 0 Å². The first-order valence-electron chi connectivity index (χ1n) is 7.80. The molecule has 0 saturated heterocycles. The molecular weight excluding hydrogens is 317 g/mol. The highest BCUT2D eigenvalue weighted by molar-refractivity contribution is 7.89. The third-order valence-electron chi connectivity index (χ3n) is 3.34. The van der Waals surface area contributed by atoms with Crippen LogP contribution < -0.4 is 11.1 Å². The van der Waals surface area contributed by atoms with E-state index < -0.39 is 15.7 Å². The first-order chi connectivity index (χ1) is 10.8. The predicted octanol–water partition coefficient (Wildman–Crippen LogP) is 2.35. The Morgan fingerprint density at radius 1 is 1.26 bits per heavy atom. The quantitative estimate of drug-likeness (QED) is 0.409. The maximum atomic E-state index is 13.4. The number of rotatable bonds is 9. The van der Waals surface area contributed by atoms with Crippen LogP contribution in [0.15, 0.2) is 23.2 Å². The average Bonchev–Trinajstić information content (AvgIpc) is 2.46. The summed E-state index contributed by atoms with van der Waals surface area (Å²) in [7, 11) is -3.19. The molecule has 0 saturated carbocycles. The second kappa shape index (κ2) is 9.50. The Morgan fingerprint density at radius 2 is 2.00 bits per heavy atom. The van der Waals surface area contributed by atoms with Crippen LogP contribution in [0.25, 0.3) is 0 Å². The number of unbranched alkanes of at least 4 members (excludes halogenated alkanes) is 3. The van der Waals surface area contributed by atoms with Gasteiger partial charge in [0, 0.05) is 12.8 Å². The fourth-order valence-electron chi connectivity index (χ4n) is 2.16. The van der Waals surface area contributed by atoms with Crippen molar-refractivity contribution in [2.24, 2.45) is 10.7 Å². The van der Waals surface area contributed by atoms with Gasteiger partial charge in [0.15, 0.2) is 15.8 Å². The molecule has 23 heavy (non-hydrogen) atoms. The molecule has 1 rings (SSSR count). The SMILES string of the molecule is CCCCCCNC(N)=NCc1cc(F)ccc1CS(C)(=O)=O. The summed E-state index contributed by atoms with van der Waals surface area (Å²) in [5.41, 5.74) is 6.86. The number of nitrogens with two attached hydrogens (primary N) is 1. The molecule has 130 valence electrons. The van der Waals surface area contributed by atoms with Gasteiger partial charge in [0.05, 0.1) is 12.3 Å². The highest BCUT2D eigenvalue weighted by Gasteiger charge is 2.10. The summed E-state index contributed by atoms with van der Waals surface area (Å²) in [6.45, 7) is 3.04. The van der Waals surface area contributed by atoms with Crippen LogP contribution in [0.1, 0.15) is 43.7 Å². The molecule has 0 heterocycles. The van der Waals surface area contributed by atoms with Crippen molar-refractivity contribution in [1.29, 1.82) is 0 Å². The fraction of sp³-hybridized carbons (Fsp3) is 0.562. The Hall–Kier alpha value is -1.63. The second-order valence-electron chi connectivity index (χ2n) is 5.67. The smallest absolute Gasteiger partial charge is 0.188 e. The summed E-state index contributed by atoms with van der Waals surface area (Å²) < 4.78 is 36.3. The molecule has 0 unspecified atom stereocenters.